The molecule has 0 spiro atoms. The third-order valence-electron chi connectivity index (χ3n) is 3.78. The van der Waals surface area contributed by atoms with Gasteiger partial charge in [0, 0.05) is 12.1 Å². The average Bonchev–Trinajstić information content (AvgIpc) is 2.51. The maximum absolute atomic E-state index is 12.3. The Morgan fingerprint density at radius 2 is 1.96 bits per heavy atom. The maximum Gasteiger partial charge on any atom is 0.328 e. The summed E-state index contributed by atoms with van der Waals surface area (Å²) in [5, 5.41) is 11.9. The Kier molecular flexibility index (Phi) is 4.87. The minimum atomic E-state index is -1.13. The molecule has 3 N–H and O–H groups in total. The molecule has 128 valence electrons. The number of fused-ring (bicyclic) bond motifs is 1. The van der Waals surface area contributed by atoms with Gasteiger partial charge in [-0.1, -0.05) is 13.8 Å². The highest BCUT2D eigenvalue weighted by Gasteiger charge is 2.24. The predicted octanol–water partition coefficient (Wildman–Crippen LogP) is 0.549. The Bertz CT molecular complexity index is 910. The van der Waals surface area contributed by atoms with Crippen LogP contribution in [0.3, 0.4) is 0 Å². The van der Waals surface area contributed by atoms with Gasteiger partial charge in [-0.05, 0) is 31.0 Å². The number of benzene rings is 1. The molecule has 0 saturated carbocycles. The van der Waals surface area contributed by atoms with Crippen LogP contribution in [0.1, 0.15) is 31.1 Å². The zero-order valence-electron chi connectivity index (χ0n) is 13.6. The molecule has 1 atom stereocenters. The van der Waals surface area contributed by atoms with Crippen molar-refractivity contribution in [3.8, 4) is 0 Å². The summed E-state index contributed by atoms with van der Waals surface area (Å²) in [6.07, 6.45) is 0. The maximum atomic E-state index is 12.3. The second-order valence-electron chi connectivity index (χ2n) is 5.77. The van der Waals surface area contributed by atoms with Gasteiger partial charge in [0.25, 0.3) is 11.5 Å². The molecule has 0 bridgehead atoms. The molecule has 0 radical (unpaired) electrons. The smallest absolute Gasteiger partial charge is 0.328 e. The Labute approximate surface area is 137 Å². The van der Waals surface area contributed by atoms with E-state index in [2.05, 4.69) is 10.3 Å². The lowest BCUT2D eigenvalue weighted by Gasteiger charge is -2.18. The zero-order chi connectivity index (χ0) is 18.0. The number of hydrogen-bond acceptors (Lipinski definition) is 4. The van der Waals surface area contributed by atoms with Crippen molar-refractivity contribution in [2.24, 2.45) is 5.92 Å². The number of rotatable bonds is 5. The summed E-state index contributed by atoms with van der Waals surface area (Å²) in [4.78, 5) is 50.0. The number of aromatic nitrogens is 2. The fourth-order valence-corrected chi connectivity index (χ4v) is 2.42. The van der Waals surface area contributed by atoms with Gasteiger partial charge in [0.1, 0.15) is 6.04 Å². The number of carbonyl (C=O) groups excluding carboxylic acids is 1. The van der Waals surface area contributed by atoms with Gasteiger partial charge in [-0.2, -0.15) is 0 Å². The van der Waals surface area contributed by atoms with Crippen LogP contribution in [0.25, 0.3) is 10.9 Å². The first kappa shape index (κ1) is 17.5. The molecule has 0 aliphatic rings. The number of H-pyrrole nitrogens is 1. The molecule has 0 saturated heterocycles. The summed E-state index contributed by atoms with van der Waals surface area (Å²) in [5.74, 6) is -2.00. The largest absolute Gasteiger partial charge is 0.480 e. The van der Waals surface area contributed by atoms with E-state index in [1.807, 2.05) is 0 Å². The van der Waals surface area contributed by atoms with Gasteiger partial charge in [0.15, 0.2) is 0 Å². The normalized spacial score (nSPS) is 12.3. The van der Waals surface area contributed by atoms with Gasteiger partial charge in [0.05, 0.1) is 10.9 Å². The molecule has 2 rings (SSSR count). The number of carboxylic acids is 1. The van der Waals surface area contributed by atoms with Crippen LogP contribution in [-0.2, 0) is 11.3 Å². The number of amides is 1. The van der Waals surface area contributed by atoms with Gasteiger partial charge in [-0.15, -0.1) is 0 Å². The molecule has 1 aromatic heterocycles. The SMILES string of the molecule is CCn1c(=O)[nH]c2cc(C(=O)N[C@H](C(=O)O)C(C)C)ccc2c1=O. The van der Waals surface area contributed by atoms with E-state index in [9.17, 15) is 19.2 Å². The van der Waals surface area contributed by atoms with Crippen LogP contribution < -0.4 is 16.6 Å². The molecule has 8 heteroatoms. The first-order valence-corrected chi connectivity index (χ1v) is 7.56. The number of hydrogen-bond donors (Lipinski definition) is 3. The third-order valence-corrected chi connectivity index (χ3v) is 3.78. The highest BCUT2D eigenvalue weighted by Crippen LogP contribution is 2.11. The van der Waals surface area contributed by atoms with Crippen molar-refractivity contribution in [3.63, 3.8) is 0 Å². The lowest BCUT2D eigenvalue weighted by Crippen LogP contribution is -2.44. The quantitative estimate of drug-likeness (QED) is 0.738. The summed E-state index contributed by atoms with van der Waals surface area (Å²) in [6, 6.07) is 3.21. The van der Waals surface area contributed by atoms with Crippen molar-refractivity contribution in [1.29, 1.82) is 0 Å². The Hall–Kier alpha value is -2.90. The summed E-state index contributed by atoms with van der Waals surface area (Å²) in [7, 11) is 0. The standard InChI is InChI=1S/C16H19N3O5/c1-4-19-14(21)10-6-5-9(7-11(10)17-16(19)24)13(20)18-12(8(2)3)15(22)23/h5-8,12H,4H2,1-3H3,(H,17,24)(H,18,20)(H,22,23)/t12-/m0/s1. The van der Waals surface area contributed by atoms with Gasteiger partial charge in [-0.25, -0.2) is 9.59 Å². The van der Waals surface area contributed by atoms with Crippen LogP contribution in [0.4, 0.5) is 0 Å². The molecule has 1 heterocycles. The molecule has 8 nitrogen and oxygen atoms in total. The van der Waals surface area contributed by atoms with Crippen LogP contribution in [-0.4, -0.2) is 32.6 Å². The van der Waals surface area contributed by atoms with Gasteiger partial charge in [0.2, 0.25) is 0 Å². The number of aliphatic carboxylic acids is 1. The molecule has 0 fully saturated rings. The summed E-state index contributed by atoms with van der Waals surface area (Å²) < 4.78 is 1.06. The van der Waals surface area contributed by atoms with Crippen molar-refractivity contribution >= 4 is 22.8 Å². The van der Waals surface area contributed by atoms with Crippen molar-refractivity contribution in [1.82, 2.24) is 14.9 Å². The summed E-state index contributed by atoms with van der Waals surface area (Å²) >= 11 is 0. The molecule has 1 aromatic carbocycles. The van der Waals surface area contributed by atoms with Gasteiger partial charge < -0.3 is 15.4 Å². The van der Waals surface area contributed by atoms with Crippen LogP contribution in [0, 0.1) is 5.92 Å². The highest BCUT2D eigenvalue weighted by molar-refractivity contribution is 5.99. The van der Waals surface area contributed by atoms with Crippen LogP contribution in [0.2, 0.25) is 0 Å². The number of carboxylic acid groups (broad SMARTS) is 1. The summed E-state index contributed by atoms with van der Waals surface area (Å²) in [6.45, 7) is 5.29. The lowest BCUT2D eigenvalue weighted by atomic mass is 10.0. The zero-order valence-corrected chi connectivity index (χ0v) is 13.6. The number of nitrogens with one attached hydrogen (secondary N) is 2. The Balaban J connectivity index is 2.44. The minimum absolute atomic E-state index is 0.165. The second-order valence-corrected chi connectivity index (χ2v) is 5.77. The topological polar surface area (TPSA) is 121 Å². The van der Waals surface area contributed by atoms with Crippen molar-refractivity contribution < 1.29 is 14.7 Å². The van der Waals surface area contributed by atoms with Crippen LogP contribution in [0.5, 0.6) is 0 Å². The number of carbonyl (C=O) groups is 2. The van der Waals surface area contributed by atoms with E-state index < -0.39 is 29.2 Å². The lowest BCUT2D eigenvalue weighted by molar-refractivity contribution is -0.140. The van der Waals surface area contributed by atoms with E-state index >= 15 is 0 Å². The third kappa shape index (κ3) is 3.22. The monoisotopic (exact) mass is 333 g/mol. The van der Waals surface area contributed by atoms with E-state index in [4.69, 9.17) is 5.11 Å². The first-order valence-electron chi connectivity index (χ1n) is 7.56. The molecular weight excluding hydrogens is 314 g/mol. The Morgan fingerprint density at radius 1 is 1.29 bits per heavy atom. The van der Waals surface area contributed by atoms with Gasteiger partial charge >= 0.3 is 11.7 Å². The van der Waals surface area contributed by atoms with E-state index in [-0.39, 0.29) is 28.9 Å². The van der Waals surface area contributed by atoms with Crippen LogP contribution in [0.15, 0.2) is 27.8 Å². The first-order chi connectivity index (χ1) is 11.3. The van der Waals surface area contributed by atoms with Crippen molar-refractivity contribution in [2.45, 2.75) is 33.4 Å². The fourth-order valence-electron chi connectivity index (χ4n) is 2.42. The van der Waals surface area contributed by atoms with Crippen molar-refractivity contribution in [3.05, 3.63) is 44.6 Å². The molecule has 2 aromatic rings. The highest BCUT2D eigenvalue weighted by atomic mass is 16.4. The molecule has 0 aliphatic carbocycles. The Morgan fingerprint density at radius 3 is 2.50 bits per heavy atom. The predicted molar refractivity (Wildman–Crippen MR) is 88.2 cm³/mol. The van der Waals surface area contributed by atoms with Crippen LogP contribution >= 0.6 is 0 Å². The molecule has 0 aliphatic heterocycles. The van der Waals surface area contributed by atoms with Gasteiger partial charge in [-0.3, -0.25) is 14.2 Å². The molecular formula is C16H19N3O5. The average molecular weight is 333 g/mol. The summed E-state index contributed by atoms with van der Waals surface area (Å²) in [5.41, 5.74) is -0.593. The minimum Gasteiger partial charge on any atom is -0.480 e. The fraction of sp³-hybridized carbons (Fsp3) is 0.375. The van der Waals surface area contributed by atoms with Crippen molar-refractivity contribution in [2.75, 3.05) is 0 Å². The van der Waals surface area contributed by atoms with E-state index in [0.717, 1.165) is 4.57 Å². The van der Waals surface area contributed by atoms with E-state index in [0.29, 0.717) is 0 Å². The van der Waals surface area contributed by atoms with E-state index in [1.165, 1.54) is 18.2 Å². The molecule has 0 unspecified atom stereocenters. The molecule has 1 amide bonds. The van der Waals surface area contributed by atoms with E-state index in [1.54, 1.807) is 20.8 Å². The number of aromatic amines is 1. The second kappa shape index (κ2) is 6.69. The molecule has 24 heavy (non-hydrogen) atoms. The number of nitrogens with zero attached hydrogens (tertiary/aromatic N) is 1.